The van der Waals surface area contributed by atoms with Gasteiger partial charge in [0.2, 0.25) is 6.79 Å². The lowest BCUT2D eigenvalue weighted by Gasteiger charge is -2.06. The van der Waals surface area contributed by atoms with Crippen LogP contribution in [0.4, 0.5) is 0 Å². The Morgan fingerprint density at radius 3 is 2.95 bits per heavy atom. The molecule has 0 amide bonds. The van der Waals surface area contributed by atoms with Gasteiger partial charge in [-0.25, -0.2) is 0 Å². The lowest BCUT2D eigenvalue weighted by Crippen LogP contribution is -2.11. The van der Waals surface area contributed by atoms with Crippen molar-refractivity contribution in [3.05, 3.63) is 44.6 Å². The number of aryl methyl sites for hydroxylation is 1. The molecule has 0 bridgehead atoms. The molecular weight excluding hydrogens is 282 g/mol. The molecular formula is C14H14ClNO2S. The minimum atomic E-state index is 0.250. The van der Waals surface area contributed by atoms with Gasteiger partial charge in [0.25, 0.3) is 0 Å². The van der Waals surface area contributed by atoms with Gasteiger partial charge in [0.15, 0.2) is 11.5 Å². The van der Waals surface area contributed by atoms with E-state index in [4.69, 9.17) is 21.1 Å². The van der Waals surface area contributed by atoms with Crippen LogP contribution >= 0.6 is 22.9 Å². The third-order valence-electron chi connectivity index (χ3n) is 2.91. The highest BCUT2D eigenvalue weighted by molar-refractivity contribution is 7.11. The van der Waals surface area contributed by atoms with Crippen molar-refractivity contribution in [2.24, 2.45) is 0 Å². The summed E-state index contributed by atoms with van der Waals surface area (Å²) in [5.41, 5.74) is 1.10. The van der Waals surface area contributed by atoms with Gasteiger partial charge in [-0.15, -0.1) is 11.3 Å². The second kappa shape index (κ2) is 5.41. The molecule has 3 rings (SSSR count). The third-order valence-corrected chi connectivity index (χ3v) is 4.19. The molecule has 0 spiro atoms. The molecule has 0 aliphatic carbocycles. The van der Waals surface area contributed by atoms with Gasteiger partial charge in [0.05, 0.1) is 5.02 Å². The van der Waals surface area contributed by atoms with Crippen molar-refractivity contribution in [1.29, 1.82) is 0 Å². The summed E-state index contributed by atoms with van der Waals surface area (Å²) in [6, 6.07) is 8.18. The van der Waals surface area contributed by atoms with Gasteiger partial charge in [0.1, 0.15) is 0 Å². The predicted octanol–water partition coefficient (Wildman–Crippen LogP) is 3.73. The molecule has 2 aromatic rings. The Morgan fingerprint density at radius 2 is 2.16 bits per heavy atom. The van der Waals surface area contributed by atoms with Crippen LogP contribution in [0.5, 0.6) is 11.5 Å². The van der Waals surface area contributed by atoms with Crippen molar-refractivity contribution in [1.82, 2.24) is 5.32 Å². The number of hydrogen-bond acceptors (Lipinski definition) is 4. The molecule has 0 unspecified atom stereocenters. The van der Waals surface area contributed by atoms with Crippen LogP contribution in [-0.2, 0) is 13.1 Å². The van der Waals surface area contributed by atoms with Gasteiger partial charge in [-0.2, -0.15) is 0 Å². The summed E-state index contributed by atoms with van der Waals surface area (Å²) < 4.78 is 10.6. The first-order valence-electron chi connectivity index (χ1n) is 6.06. The van der Waals surface area contributed by atoms with Crippen LogP contribution in [0.3, 0.4) is 0 Å². The van der Waals surface area contributed by atoms with Crippen LogP contribution in [0.1, 0.15) is 15.3 Å². The lowest BCUT2D eigenvalue weighted by molar-refractivity contribution is 0.174. The van der Waals surface area contributed by atoms with Gasteiger partial charge >= 0.3 is 0 Å². The van der Waals surface area contributed by atoms with Crippen molar-refractivity contribution >= 4 is 22.9 Å². The van der Waals surface area contributed by atoms with Gasteiger partial charge in [-0.3, -0.25) is 0 Å². The summed E-state index contributed by atoms with van der Waals surface area (Å²) in [5, 5.41) is 4.02. The predicted molar refractivity (Wildman–Crippen MR) is 77.2 cm³/mol. The fraction of sp³-hybridized carbons (Fsp3) is 0.286. The van der Waals surface area contributed by atoms with Crippen LogP contribution < -0.4 is 14.8 Å². The topological polar surface area (TPSA) is 30.5 Å². The summed E-state index contributed by atoms with van der Waals surface area (Å²) in [4.78, 5) is 2.67. The Kier molecular flexibility index (Phi) is 3.64. The van der Waals surface area contributed by atoms with E-state index in [0.717, 1.165) is 24.4 Å². The van der Waals surface area contributed by atoms with Crippen LogP contribution in [0.15, 0.2) is 24.3 Å². The van der Waals surface area contributed by atoms with E-state index in [0.29, 0.717) is 10.8 Å². The molecule has 1 aromatic heterocycles. The molecule has 0 saturated carbocycles. The maximum absolute atomic E-state index is 6.14. The minimum absolute atomic E-state index is 0.250. The Morgan fingerprint density at radius 1 is 1.26 bits per heavy atom. The zero-order valence-electron chi connectivity index (χ0n) is 10.5. The van der Waals surface area contributed by atoms with Crippen molar-refractivity contribution in [3.63, 3.8) is 0 Å². The summed E-state index contributed by atoms with van der Waals surface area (Å²) in [5.74, 6) is 1.38. The average molecular weight is 296 g/mol. The number of nitrogens with one attached hydrogen (secondary N) is 1. The van der Waals surface area contributed by atoms with E-state index in [1.165, 1.54) is 9.75 Å². The highest BCUT2D eigenvalue weighted by Crippen LogP contribution is 2.39. The summed E-state index contributed by atoms with van der Waals surface area (Å²) in [6.07, 6.45) is 0. The molecule has 1 aliphatic heterocycles. The quantitative estimate of drug-likeness (QED) is 0.932. The number of rotatable bonds is 4. The number of hydrogen-bond donors (Lipinski definition) is 1. The van der Waals surface area contributed by atoms with Crippen molar-refractivity contribution < 1.29 is 9.47 Å². The maximum Gasteiger partial charge on any atom is 0.231 e. The molecule has 0 radical (unpaired) electrons. The largest absolute Gasteiger partial charge is 0.454 e. The van der Waals surface area contributed by atoms with E-state index in [1.807, 2.05) is 23.5 Å². The highest BCUT2D eigenvalue weighted by atomic mass is 35.5. The first kappa shape index (κ1) is 12.8. The SMILES string of the molecule is Cc1ccc(CNCc2cc(Cl)c3c(c2)OCO3)s1. The zero-order chi connectivity index (χ0) is 13.2. The molecule has 100 valence electrons. The first-order chi connectivity index (χ1) is 9.22. The molecule has 1 aromatic carbocycles. The normalized spacial score (nSPS) is 12.9. The van der Waals surface area contributed by atoms with Gasteiger partial charge in [-0.1, -0.05) is 11.6 Å². The van der Waals surface area contributed by atoms with E-state index in [1.54, 1.807) is 0 Å². The monoisotopic (exact) mass is 295 g/mol. The maximum atomic E-state index is 6.14. The number of benzene rings is 1. The molecule has 0 saturated heterocycles. The van der Waals surface area contributed by atoms with Crippen LogP contribution in [-0.4, -0.2) is 6.79 Å². The molecule has 0 fully saturated rings. The molecule has 19 heavy (non-hydrogen) atoms. The number of thiophene rings is 1. The van der Waals surface area contributed by atoms with Gasteiger partial charge < -0.3 is 14.8 Å². The van der Waals surface area contributed by atoms with Gasteiger partial charge in [0, 0.05) is 22.8 Å². The van der Waals surface area contributed by atoms with E-state index in [2.05, 4.69) is 24.4 Å². The summed E-state index contributed by atoms with van der Waals surface area (Å²) in [7, 11) is 0. The Balaban J connectivity index is 1.63. The fourth-order valence-corrected chi connectivity index (χ4v) is 3.18. The standard InChI is InChI=1S/C14H14ClNO2S/c1-9-2-3-11(19-9)7-16-6-10-4-12(15)14-13(5-10)17-8-18-14/h2-5,16H,6-8H2,1H3. The molecule has 3 nitrogen and oxygen atoms in total. The fourth-order valence-electron chi connectivity index (χ4n) is 2.03. The number of fused-ring (bicyclic) bond motifs is 1. The number of ether oxygens (including phenoxy) is 2. The van der Waals surface area contributed by atoms with Crippen LogP contribution in [0, 0.1) is 6.92 Å². The first-order valence-corrected chi connectivity index (χ1v) is 7.26. The molecule has 1 aliphatic rings. The number of halogens is 1. The second-order valence-corrected chi connectivity index (χ2v) is 6.21. The van der Waals surface area contributed by atoms with Crippen molar-refractivity contribution in [2.75, 3.05) is 6.79 Å². The zero-order valence-corrected chi connectivity index (χ0v) is 12.1. The molecule has 2 heterocycles. The minimum Gasteiger partial charge on any atom is -0.454 e. The molecule has 5 heteroatoms. The van der Waals surface area contributed by atoms with E-state index < -0.39 is 0 Å². The van der Waals surface area contributed by atoms with Crippen LogP contribution in [0.2, 0.25) is 5.02 Å². The highest BCUT2D eigenvalue weighted by Gasteiger charge is 2.17. The van der Waals surface area contributed by atoms with E-state index >= 15 is 0 Å². The second-order valence-electron chi connectivity index (χ2n) is 4.43. The summed E-state index contributed by atoms with van der Waals surface area (Å²) in [6.45, 7) is 3.99. The average Bonchev–Trinajstić information content (AvgIpc) is 2.98. The summed E-state index contributed by atoms with van der Waals surface area (Å²) >= 11 is 7.96. The Hall–Kier alpha value is -1.23. The van der Waals surface area contributed by atoms with Crippen LogP contribution in [0.25, 0.3) is 0 Å². The molecule has 1 N–H and O–H groups in total. The van der Waals surface area contributed by atoms with Crippen molar-refractivity contribution in [3.8, 4) is 11.5 Å². The van der Waals surface area contributed by atoms with Crippen molar-refractivity contribution in [2.45, 2.75) is 20.0 Å². The van der Waals surface area contributed by atoms with Gasteiger partial charge in [-0.05, 0) is 36.8 Å². The molecule has 0 atom stereocenters. The Labute approximate surface area is 121 Å². The van der Waals surface area contributed by atoms with E-state index in [-0.39, 0.29) is 6.79 Å². The Bertz CT molecular complexity index is 597. The third kappa shape index (κ3) is 2.86. The smallest absolute Gasteiger partial charge is 0.231 e. The lowest BCUT2D eigenvalue weighted by atomic mass is 10.2. The van der Waals surface area contributed by atoms with E-state index in [9.17, 15) is 0 Å².